The van der Waals surface area contributed by atoms with Crippen molar-refractivity contribution in [2.75, 3.05) is 0 Å². The lowest BCUT2D eigenvalue weighted by Crippen LogP contribution is -1.90. The van der Waals surface area contributed by atoms with Gasteiger partial charge in [-0.1, -0.05) is 12.1 Å². The Balaban J connectivity index is 2.95. The summed E-state index contributed by atoms with van der Waals surface area (Å²) in [6.07, 6.45) is 1.71. The van der Waals surface area contributed by atoms with Crippen LogP contribution in [0.25, 0.3) is 11.0 Å². The summed E-state index contributed by atoms with van der Waals surface area (Å²) in [4.78, 5) is 7.18. The number of nitrogens with one attached hydrogen (secondary N) is 1. The minimum atomic E-state index is 1.03. The molecule has 1 N–H and O–H groups in total. The van der Waals surface area contributed by atoms with Crippen LogP contribution in [0.5, 0.6) is 0 Å². The van der Waals surface area contributed by atoms with Crippen molar-refractivity contribution in [1.29, 1.82) is 0 Å². The van der Waals surface area contributed by atoms with Crippen LogP contribution >= 0.6 is 9.24 Å². The van der Waals surface area contributed by atoms with Gasteiger partial charge in [-0.15, -0.1) is 9.24 Å². The largest absolute Gasteiger partial charge is 0.345 e. The molecule has 1 atom stereocenters. The van der Waals surface area contributed by atoms with E-state index >= 15 is 0 Å². The molecule has 3 heteroatoms. The molecule has 1 unspecified atom stereocenters. The van der Waals surface area contributed by atoms with E-state index in [-0.39, 0.29) is 0 Å². The van der Waals surface area contributed by atoms with Crippen molar-refractivity contribution in [3.63, 3.8) is 0 Å². The Labute approximate surface area is 60.9 Å². The number of aromatic nitrogens is 2. The van der Waals surface area contributed by atoms with Gasteiger partial charge in [0.25, 0.3) is 0 Å². The first kappa shape index (κ1) is 5.87. The topological polar surface area (TPSA) is 28.7 Å². The number of aromatic amines is 1. The van der Waals surface area contributed by atoms with Gasteiger partial charge in [0, 0.05) is 0 Å². The number of imidazole rings is 1. The van der Waals surface area contributed by atoms with E-state index in [1.165, 1.54) is 0 Å². The summed E-state index contributed by atoms with van der Waals surface area (Å²) >= 11 is 0. The Morgan fingerprint density at radius 1 is 1.40 bits per heavy atom. The Kier molecular flexibility index (Phi) is 1.21. The van der Waals surface area contributed by atoms with Gasteiger partial charge in [-0.25, -0.2) is 4.98 Å². The molecule has 0 bridgehead atoms. The van der Waals surface area contributed by atoms with Crippen LogP contribution in [0.2, 0.25) is 0 Å². The summed E-state index contributed by atoms with van der Waals surface area (Å²) in [6.45, 7) is 0. The van der Waals surface area contributed by atoms with Crippen LogP contribution in [0, 0.1) is 0 Å². The minimum Gasteiger partial charge on any atom is -0.345 e. The van der Waals surface area contributed by atoms with Gasteiger partial charge in [-0.3, -0.25) is 0 Å². The fourth-order valence-corrected chi connectivity index (χ4v) is 1.33. The van der Waals surface area contributed by atoms with Crippen LogP contribution in [0.1, 0.15) is 0 Å². The van der Waals surface area contributed by atoms with Crippen LogP contribution in [0.4, 0.5) is 0 Å². The van der Waals surface area contributed by atoms with Crippen molar-refractivity contribution in [2.24, 2.45) is 0 Å². The molecule has 1 aromatic carbocycles. The normalized spacial score (nSPS) is 10.5. The monoisotopic (exact) mass is 150 g/mol. The van der Waals surface area contributed by atoms with Gasteiger partial charge in [0.05, 0.1) is 17.4 Å². The Morgan fingerprint density at radius 2 is 2.30 bits per heavy atom. The van der Waals surface area contributed by atoms with Crippen LogP contribution in [-0.2, 0) is 0 Å². The van der Waals surface area contributed by atoms with Gasteiger partial charge in [0.2, 0.25) is 0 Å². The summed E-state index contributed by atoms with van der Waals surface area (Å²) in [5, 5.41) is 1.14. The molecule has 0 fully saturated rings. The van der Waals surface area contributed by atoms with Gasteiger partial charge in [-0.2, -0.15) is 0 Å². The van der Waals surface area contributed by atoms with E-state index in [4.69, 9.17) is 0 Å². The van der Waals surface area contributed by atoms with Gasteiger partial charge < -0.3 is 4.98 Å². The van der Waals surface area contributed by atoms with Crippen LogP contribution < -0.4 is 5.30 Å². The molecule has 10 heavy (non-hydrogen) atoms. The van der Waals surface area contributed by atoms with E-state index in [0.717, 1.165) is 16.3 Å². The summed E-state index contributed by atoms with van der Waals surface area (Å²) in [7, 11) is 2.65. The molecule has 0 aliphatic carbocycles. The molecule has 0 saturated carbocycles. The second kappa shape index (κ2) is 2.06. The molecule has 1 aromatic heterocycles. The van der Waals surface area contributed by atoms with Crippen molar-refractivity contribution in [1.82, 2.24) is 9.97 Å². The molecule has 2 rings (SSSR count). The van der Waals surface area contributed by atoms with E-state index in [0.29, 0.717) is 0 Å². The van der Waals surface area contributed by atoms with Crippen molar-refractivity contribution < 1.29 is 0 Å². The van der Waals surface area contributed by atoms with E-state index in [1.54, 1.807) is 6.33 Å². The highest BCUT2D eigenvalue weighted by Crippen LogP contribution is 2.06. The van der Waals surface area contributed by atoms with Crippen molar-refractivity contribution >= 4 is 25.6 Å². The number of H-pyrrole nitrogens is 1. The predicted octanol–water partition coefficient (Wildman–Crippen LogP) is 1.06. The highest BCUT2D eigenvalue weighted by molar-refractivity contribution is 7.28. The quantitative estimate of drug-likeness (QED) is 0.559. The van der Waals surface area contributed by atoms with Gasteiger partial charge in [0.1, 0.15) is 0 Å². The third-order valence-electron chi connectivity index (χ3n) is 1.48. The molecule has 1 heterocycles. The molecule has 2 aromatic rings. The maximum absolute atomic E-state index is 4.14. The van der Waals surface area contributed by atoms with Crippen LogP contribution in [0.3, 0.4) is 0 Å². The number of fused-ring (bicyclic) bond motifs is 1. The fourth-order valence-electron chi connectivity index (χ4n) is 0.988. The van der Waals surface area contributed by atoms with Crippen LogP contribution in [-0.4, -0.2) is 9.97 Å². The highest BCUT2D eigenvalue weighted by Gasteiger charge is 1.95. The summed E-state index contributed by atoms with van der Waals surface area (Å²) < 4.78 is 0. The molecule has 0 radical (unpaired) electrons. The first-order valence-electron chi connectivity index (χ1n) is 3.05. The maximum atomic E-state index is 4.14. The van der Waals surface area contributed by atoms with Crippen molar-refractivity contribution in [3.05, 3.63) is 24.5 Å². The predicted molar refractivity (Wildman–Crippen MR) is 45.4 cm³/mol. The second-order valence-electron chi connectivity index (χ2n) is 2.15. The maximum Gasteiger partial charge on any atom is 0.0953 e. The molecule has 0 aliphatic rings. The molecule has 0 saturated heterocycles. The molecular formula is C7H7N2P. The molecular weight excluding hydrogens is 143 g/mol. The average molecular weight is 150 g/mol. The fraction of sp³-hybridized carbons (Fsp3) is 0. The smallest absolute Gasteiger partial charge is 0.0953 e. The SMILES string of the molecule is Pc1cccc2[nH]cnc12. The number of rotatable bonds is 0. The van der Waals surface area contributed by atoms with E-state index in [9.17, 15) is 0 Å². The Bertz CT molecular complexity index is 353. The van der Waals surface area contributed by atoms with E-state index in [1.807, 2.05) is 18.2 Å². The third kappa shape index (κ3) is 0.729. The first-order valence-corrected chi connectivity index (χ1v) is 3.63. The van der Waals surface area contributed by atoms with Crippen molar-refractivity contribution in [2.45, 2.75) is 0 Å². The second-order valence-corrected chi connectivity index (χ2v) is 2.77. The number of hydrogen-bond acceptors (Lipinski definition) is 1. The molecule has 2 nitrogen and oxygen atoms in total. The molecule has 0 spiro atoms. The molecule has 0 amide bonds. The molecule has 50 valence electrons. The van der Waals surface area contributed by atoms with E-state index in [2.05, 4.69) is 19.2 Å². The summed E-state index contributed by atoms with van der Waals surface area (Å²) in [6, 6.07) is 6.03. The van der Waals surface area contributed by atoms with E-state index < -0.39 is 0 Å². The summed E-state index contributed by atoms with van der Waals surface area (Å²) in [5.41, 5.74) is 2.12. The Morgan fingerprint density at radius 3 is 3.10 bits per heavy atom. The third-order valence-corrected chi connectivity index (χ3v) is 1.95. The van der Waals surface area contributed by atoms with Gasteiger partial charge >= 0.3 is 0 Å². The zero-order chi connectivity index (χ0) is 6.97. The van der Waals surface area contributed by atoms with Crippen LogP contribution in [0.15, 0.2) is 24.5 Å². The van der Waals surface area contributed by atoms with Gasteiger partial charge in [0.15, 0.2) is 0 Å². The first-order chi connectivity index (χ1) is 4.88. The molecule has 0 aliphatic heterocycles. The zero-order valence-electron chi connectivity index (χ0n) is 5.33. The van der Waals surface area contributed by atoms with Gasteiger partial charge in [-0.05, 0) is 11.4 Å². The number of para-hydroxylation sites is 1. The highest BCUT2D eigenvalue weighted by atomic mass is 31.0. The van der Waals surface area contributed by atoms with Crippen molar-refractivity contribution in [3.8, 4) is 0 Å². The summed E-state index contributed by atoms with van der Waals surface area (Å²) in [5.74, 6) is 0. The lowest BCUT2D eigenvalue weighted by atomic mass is 10.3. The standard InChI is InChI=1S/C7H7N2P/c10-6-3-1-2-5-7(6)9-4-8-5/h1-4H,10H2,(H,8,9). The average Bonchev–Trinajstić information content (AvgIpc) is 2.36. The number of hydrogen-bond donors (Lipinski definition) is 1. The lowest BCUT2D eigenvalue weighted by molar-refractivity contribution is 1.35. The lowest BCUT2D eigenvalue weighted by Gasteiger charge is -1.90. The number of nitrogens with zero attached hydrogens (tertiary/aromatic N) is 1. The number of benzene rings is 1. The Hall–Kier alpha value is -0.880. The zero-order valence-corrected chi connectivity index (χ0v) is 6.49. The minimum absolute atomic E-state index is 1.03.